The molecule has 9 heteroatoms. The van der Waals surface area contributed by atoms with E-state index in [-0.39, 0.29) is 22.0 Å². The van der Waals surface area contributed by atoms with E-state index < -0.39 is 21.7 Å². The minimum Gasteiger partial charge on any atom is -0.506 e. The van der Waals surface area contributed by atoms with E-state index in [2.05, 4.69) is 15.0 Å². The lowest BCUT2D eigenvalue weighted by Crippen LogP contribution is -2.15. The summed E-state index contributed by atoms with van der Waals surface area (Å²) in [7, 11) is -4.07. The Bertz CT molecular complexity index is 1390. The molecule has 156 valence electrons. The largest absolute Gasteiger partial charge is 0.506 e. The van der Waals surface area contributed by atoms with Crippen LogP contribution in [0.5, 0.6) is 5.75 Å². The van der Waals surface area contributed by atoms with Crippen LogP contribution in [0, 0.1) is 5.82 Å². The van der Waals surface area contributed by atoms with Crippen LogP contribution < -0.4 is 10.0 Å². The molecule has 0 bridgehead atoms. The van der Waals surface area contributed by atoms with Crippen molar-refractivity contribution >= 4 is 38.2 Å². The Morgan fingerprint density at radius 1 is 0.968 bits per heavy atom. The number of nitrogens with one attached hydrogen (secondary N) is 2. The lowest BCUT2D eigenvalue weighted by molar-refractivity contribution is 0.102. The van der Waals surface area contributed by atoms with Crippen molar-refractivity contribution in [2.75, 3.05) is 10.0 Å². The number of aromatic nitrogens is 1. The van der Waals surface area contributed by atoms with Crippen molar-refractivity contribution < 1.29 is 22.7 Å². The van der Waals surface area contributed by atoms with Gasteiger partial charge in [-0.05, 0) is 54.6 Å². The van der Waals surface area contributed by atoms with Gasteiger partial charge in [0.25, 0.3) is 15.9 Å². The number of phenolic OH excluding ortho intramolecular Hbond substituents is 1. The van der Waals surface area contributed by atoms with Crippen LogP contribution in [0.25, 0.3) is 10.9 Å². The van der Waals surface area contributed by atoms with Crippen LogP contribution in [-0.2, 0) is 10.0 Å². The van der Waals surface area contributed by atoms with Crippen LogP contribution in [0.1, 0.15) is 10.4 Å². The fourth-order valence-corrected chi connectivity index (χ4v) is 3.98. The van der Waals surface area contributed by atoms with Crippen LogP contribution in [0.2, 0.25) is 0 Å². The number of anilines is 2. The molecule has 0 atom stereocenters. The SMILES string of the molecule is O=C(Nc1ccc(O)c(NS(=O)(=O)c2ccc(F)cc2)c1)c1cnc2ccccc2c1. The van der Waals surface area contributed by atoms with Crippen molar-refractivity contribution in [2.45, 2.75) is 4.90 Å². The summed E-state index contributed by atoms with van der Waals surface area (Å²) >= 11 is 0. The van der Waals surface area contributed by atoms with Gasteiger partial charge in [-0.3, -0.25) is 14.5 Å². The normalized spacial score (nSPS) is 11.3. The Kier molecular flexibility index (Phi) is 5.26. The number of carbonyl (C=O) groups is 1. The molecule has 0 saturated carbocycles. The Labute approximate surface area is 177 Å². The Balaban J connectivity index is 1.57. The number of nitrogens with zero attached hydrogens (tertiary/aromatic N) is 1. The number of aromatic hydroxyl groups is 1. The molecule has 0 unspecified atom stereocenters. The smallest absolute Gasteiger partial charge is 0.262 e. The fourth-order valence-electron chi connectivity index (χ4n) is 2.91. The molecule has 7 nitrogen and oxygen atoms in total. The Morgan fingerprint density at radius 3 is 2.48 bits per heavy atom. The predicted octanol–water partition coefficient (Wildman–Crippen LogP) is 4.13. The Morgan fingerprint density at radius 2 is 1.71 bits per heavy atom. The van der Waals surface area contributed by atoms with Crippen LogP contribution in [0.3, 0.4) is 0 Å². The van der Waals surface area contributed by atoms with Gasteiger partial charge in [-0.2, -0.15) is 0 Å². The number of phenols is 1. The second-order valence-corrected chi connectivity index (χ2v) is 8.34. The average molecular weight is 437 g/mol. The first-order valence-corrected chi connectivity index (χ1v) is 10.6. The lowest BCUT2D eigenvalue weighted by atomic mass is 10.1. The van der Waals surface area contributed by atoms with Gasteiger partial charge in [-0.25, -0.2) is 12.8 Å². The highest BCUT2D eigenvalue weighted by molar-refractivity contribution is 7.92. The van der Waals surface area contributed by atoms with Gasteiger partial charge in [0.1, 0.15) is 11.6 Å². The number of fused-ring (bicyclic) bond motifs is 1. The van der Waals surface area contributed by atoms with E-state index in [4.69, 9.17) is 0 Å². The van der Waals surface area contributed by atoms with Crippen molar-refractivity contribution in [1.29, 1.82) is 0 Å². The number of hydrogen-bond donors (Lipinski definition) is 3. The molecule has 0 aliphatic heterocycles. The number of benzene rings is 3. The van der Waals surface area contributed by atoms with Gasteiger partial charge >= 0.3 is 0 Å². The minimum atomic E-state index is -4.07. The molecule has 4 rings (SSSR count). The first-order valence-electron chi connectivity index (χ1n) is 9.09. The fraction of sp³-hybridized carbons (Fsp3) is 0. The average Bonchev–Trinajstić information content (AvgIpc) is 2.76. The number of rotatable bonds is 5. The highest BCUT2D eigenvalue weighted by Crippen LogP contribution is 2.29. The predicted molar refractivity (Wildman–Crippen MR) is 115 cm³/mol. The third-order valence-corrected chi connectivity index (χ3v) is 5.86. The minimum absolute atomic E-state index is 0.140. The first-order chi connectivity index (χ1) is 14.8. The van der Waals surface area contributed by atoms with Gasteiger partial charge in [0, 0.05) is 17.3 Å². The zero-order valence-corrected chi connectivity index (χ0v) is 16.7. The number of para-hydroxylation sites is 1. The summed E-state index contributed by atoms with van der Waals surface area (Å²) in [6.45, 7) is 0. The molecular formula is C22H16FN3O4S. The summed E-state index contributed by atoms with van der Waals surface area (Å²) in [5.41, 5.74) is 1.19. The van der Waals surface area contributed by atoms with E-state index in [0.29, 0.717) is 5.56 Å². The second kappa shape index (κ2) is 8.04. The van der Waals surface area contributed by atoms with E-state index >= 15 is 0 Å². The molecular weight excluding hydrogens is 421 g/mol. The molecule has 4 aromatic rings. The molecule has 0 spiro atoms. The molecule has 0 fully saturated rings. The zero-order valence-electron chi connectivity index (χ0n) is 15.9. The number of amides is 1. The first kappa shape index (κ1) is 20.3. The van der Waals surface area contributed by atoms with Gasteiger partial charge in [-0.1, -0.05) is 18.2 Å². The van der Waals surface area contributed by atoms with Crippen LogP contribution in [0.4, 0.5) is 15.8 Å². The van der Waals surface area contributed by atoms with Crippen molar-refractivity contribution in [3.8, 4) is 5.75 Å². The van der Waals surface area contributed by atoms with Gasteiger partial charge < -0.3 is 10.4 Å². The van der Waals surface area contributed by atoms with Crippen molar-refractivity contribution in [2.24, 2.45) is 0 Å². The third kappa shape index (κ3) is 4.46. The molecule has 1 heterocycles. The van der Waals surface area contributed by atoms with E-state index in [1.807, 2.05) is 24.3 Å². The number of hydrogen-bond acceptors (Lipinski definition) is 5. The molecule has 1 aromatic heterocycles. The van der Waals surface area contributed by atoms with Gasteiger partial charge in [0.05, 0.1) is 21.7 Å². The summed E-state index contributed by atoms with van der Waals surface area (Å²) in [6, 6.07) is 17.2. The van der Waals surface area contributed by atoms with Gasteiger partial charge in [0.2, 0.25) is 0 Å². The maximum atomic E-state index is 13.1. The van der Waals surface area contributed by atoms with Crippen molar-refractivity contribution in [3.63, 3.8) is 0 Å². The number of halogens is 1. The number of carbonyl (C=O) groups excluding carboxylic acids is 1. The van der Waals surface area contributed by atoms with Crippen molar-refractivity contribution in [1.82, 2.24) is 4.98 Å². The molecule has 3 N–H and O–H groups in total. The van der Waals surface area contributed by atoms with E-state index in [0.717, 1.165) is 35.2 Å². The van der Waals surface area contributed by atoms with Crippen LogP contribution in [0.15, 0.2) is 83.9 Å². The van der Waals surface area contributed by atoms with E-state index in [1.165, 1.54) is 24.4 Å². The van der Waals surface area contributed by atoms with Crippen molar-refractivity contribution in [3.05, 3.63) is 90.4 Å². The standard InChI is InChI=1S/C22H16FN3O4S/c23-16-5-8-18(9-6-16)31(29,30)26-20-12-17(7-10-21(20)27)25-22(28)15-11-14-3-1-2-4-19(14)24-13-15/h1-13,26-27H,(H,25,28). The molecule has 1 amide bonds. The second-order valence-electron chi connectivity index (χ2n) is 6.66. The van der Waals surface area contributed by atoms with Gasteiger partial charge in [-0.15, -0.1) is 0 Å². The summed E-state index contributed by atoms with van der Waals surface area (Å²) < 4.78 is 40.3. The number of pyridine rings is 1. The topological polar surface area (TPSA) is 108 Å². The third-order valence-electron chi connectivity index (χ3n) is 4.48. The summed E-state index contributed by atoms with van der Waals surface area (Å²) in [4.78, 5) is 16.7. The monoisotopic (exact) mass is 437 g/mol. The van der Waals surface area contributed by atoms with Crippen LogP contribution >= 0.6 is 0 Å². The maximum Gasteiger partial charge on any atom is 0.262 e. The highest BCUT2D eigenvalue weighted by atomic mass is 32.2. The molecule has 31 heavy (non-hydrogen) atoms. The van der Waals surface area contributed by atoms with E-state index in [9.17, 15) is 22.7 Å². The number of sulfonamides is 1. The molecule has 0 saturated heterocycles. The summed E-state index contributed by atoms with van der Waals surface area (Å²) in [6.07, 6.45) is 1.44. The highest BCUT2D eigenvalue weighted by Gasteiger charge is 2.17. The molecule has 0 aliphatic rings. The van der Waals surface area contributed by atoms with Gasteiger partial charge in [0.15, 0.2) is 0 Å². The lowest BCUT2D eigenvalue weighted by Gasteiger charge is -2.12. The zero-order chi connectivity index (χ0) is 22.0. The quantitative estimate of drug-likeness (QED) is 0.321. The maximum absolute atomic E-state index is 13.1. The van der Waals surface area contributed by atoms with Crippen LogP contribution in [-0.4, -0.2) is 24.4 Å². The van der Waals surface area contributed by atoms with E-state index in [1.54, 1.807) is 6.07 Å². The summed E-state index contributed by atoms with van der Waals surface area (Å²) in [5, 5.41) is 13.5. The summed E-state index contributed by atoms with van der Waals surface area (Å²) in [5.74, 6) is -1.36. The molecule has 0 aliphatic carbocycles. The molecule has 3 aromatic carbocycles. The Hall–Kier alpha value is -3.98. The molecule has 0 radical (unpaired) electrons.